The molecule has 0 bridgehead atoms. The molecular formula is C14H18ClN3. The normalized spacial score (nSPS) is 17.4. The number of rotatable bonds is 3. The predicted octanol–water partition coefficient (Wildman–Crippen LogP) is 4.12. The van der Waals surface area contributed by atoms with E-state index in [0.717, 1.165) is 29.3 Å². The number of aromatic nitrogens is 3. The van der Waals surface area contributed by atoms with Crippen molar-refractivity contribution in [3.05, 3.63) is 23.1 Å². The average molecular weight is 264 g/mol. The van der Waals surface area contributed by atoms with Crippen LogP contribution < -0.4 is 0 Å². The van der Waals surface area contributed by atoms with Crippen molar-refractivity contribution in [1.82, 2.24) is 15.0 Å². The maximum absolute atomic E-state index is 5.86. The number of hydrogen-bond donors (Lipinski definition) is 1. The van der Waals surface area contributed by atoms with Crippen LogP contribution in [0.5, 0.6) is 0 Å². The van der Waals surface area contributed by atoms with Gasteiger partial charge in [0.15, 0.2) is 5.65 Å². The molecule has 1 fully saturated rings. The van der Waals surface area contributed by atoms with E-state index in [2.05, 4.69) is 15.0 Å². The topological polar surface area (TPSA) is 41.6 Å². The van der Waals surface area contributed by atoms with Gasteiger partial charge in [-0.3, -0.25) is 0 Å². The van der Waals surface area contributed by atoms with Crippen LogP contribution >= 0.6 is 11.6 Å². The van der Waals surface area contributed by atoms with Gasteiger partial charge in [0, 0.05) is 6.42 Å². The van der Waals surface area contributed by atoms with E-state index in [1.54, 1.807) is 6.07 Å². The first kappa shape index (κ1) is 12.0. The van der Waals surface area contributed by atoms with Gasteiger partial charge in [-0.05, 0) is 24.5 Å². The summed E-state index contributed by atoms with van der Waals surface area (Å²) in [5, 5.41) is 0.507. The summed E-state index contributed by atoms with van der Waals surface area (Å²) < 4.78 is 0. The number of fused-ring (bicyclic) bond motifs is 1. The van der Waals surface area contributed by atoms with Gasteiger partial charge in [0.1, 0.15) is 11.0 Å². The average Bonchev–Trinajstić information content (AvgIpc) is 2.79. The summed E-state index contributed by atoms with van der Waals surface area (Å²) in [7, 11) is 0. The van der Waals surface area contributed by atoms with E-state index < -0.39 is 0 Å². The zero-order valence-corrected chi connectivity index (χ0v) is 11.2. The molecule has 0 atom stereocenters. The molecule has 0 radical (unpaired) electrons. The van der Waals surface area contributed by atoms with Crippen LogP contribution in [-0.4, -0.2) is 15.0 Å². The first-order chi connectivity index (χ1) is 8.81. The van der Waals surface area contributed by atoms with Crippen LogP contribution in [0.1, 0.15) is 44.3 Å². The van der Waals surface area contributed by atoms with E-state index in [1.165, 1.54) is 38.5 Å². The fourth-order valence-corrected chi connectivity index (χ4v) is 3.00. The van der Waals surface area contributed by atoms with Crippen molar-refractivity contribution in [2.24, 2.45) is 5.92 Å². The highest BCUT2D eigenvalue weighted by molar-refractivity contribution is 6.29. The Hall–Kier alpha value is -1.09. The fraction of sp³-hybridized carbons (Fsp3) is 0.571. The summed E-state index contributed by atoms with van der Waals surface area (Å²) in [6.07, 6.45) is 9.29. The Balaban J connectivity index is 1.67. The number of aryl methyl sites for hydroxylation is 1. The van der Waals surface area contributed by atoms with Crippen molar-refractivity contribution in [3.63, 3.8) is 0 Å². The van der Waals surface area contributed by atoms with Crippen molar-refractivity contribution in [2.45, 2.75) is 44.9 Å². The van der Waals surface area contributed by atoms with E-state index in [0.29, 0.717) is 5.15 Å². The maximum Gasteiger partial charge on any atom is 0.179 e. The molecule has 18 heavy (non-hydrogen) atoms. The molecule has 0 spiro atoms. The van der Waals surface area contributed by atoms with Gasteiger partial charge in [0.05, 0.1) is 5.52 Å². The fourth-order valence-electron chi connectivity index (χ4n) is 2.85. The molecule has 0 aliphatic heterocycles. The van der Waals surface area contributed by atoms with Gasteiger partial charge in [-0.1, -0.05) is 43.7 Å². The minimum Gasteiger partial charge on any atom is -0.341 e. The van der Waals surface area contributed by atoms with Crippen molar-refractivity contribution in [3.8, 4) is 0 Å². The zero-order chi connectivity index (χ0) is 12.4. The van der Waals surface area contributed by atoms with Crippen molar-refractivity contribution < 1.29 is 0 Å². The third-order valence-electron chi connectivity index (χ3n) is 3.88. The molecule has 96 valence electrons. The van der Waals surface area contributed by atoms with Gasteiger partial charge < -0.3 is 4.98 Å². The highest BCUT2D eigenvalue weighted by atomic mass is 35.5. The number of hydrogen-bond acceptors (Lipinski definition) is 2. The zero-order valence-electron chi connectivity index (χ0n) is 10.5. The van der Waals surface area contributed by atoms with Crippen LogP contribution in [0.15, 0.2) is 12.1 Å². The molecular weight excluding hydrogens is 246 g/mol. The molecule has 1 aliphatic carbocycles. The number of imidazole rings is 1. The van der Waals surface area contributed by atoms with Crippen LogP contribution in [0.2, 0.25) is 5.15 Å². The van der Waals surface area contributed by atoms with E-state index >= 15 is 0 Å². The lowest BCUT2D eigenvalue weighted by Crippen LogP contribution is -2.07. The third kappa shape index (κ3) is 2.66. The van der Waals surface area contributed by atoms with Crippen LogP contribution in [0.4, 0.5) is 0 Å². The number of nitrogens with one attached hydrogen (secondary N) is 1. The van der Waals surface area contributed by atoms with Crippen molar-refractivity contribution in [1.29, 1.82) is 0 Å². The van der Waals surface area contributed by atoms with Crippen LogP contribution in [-0.2, 0) is 6.42 Å². The molecule has 2 heterocycles. The largest absolute Gasteiger partial charge is 0.341 e. The molecule has 1 saturated carbocycles. The van der Waals surface area contributed by atoms with E-state index in [1.807, 2.05) is 6.07 Å². The van der Waals surface area contributed by atoms with Crippen molar-refractivity contribution >= 4 is 22.8 Å². The Kier molecular flexibility index (Phi) is 3.50. The second kappa shape index (κ2) is 5.27. The van der Waals surface area contributed by atoms with Gasteiger partial charge in [-0.2, -0.15) is 0 Å². The molecule has 0 saturated heterocycles. The van der Waals surface area contributed by atoms with Gasteiger partial charge >= 0.3 is 0 Å². The molecule has 0 unspecified atom stereocenters. The van der Waals surface area contributed by atoms with Gasteiger partial charge in [0.25, 0.3) is 0 Å². The summed E-state index contributed by atoms with van der Waals surface area (Å²) in [4.78, 5) is 12.1. The molecule has 4 heteroatoms. The molecule has 2 aromatic rings. The van der Waals surface area contributed by atoms with E-state index in [4.69, 9.17) is 11.6 Å². The Morgan fingerprint density at radius 1 is 1.17 bits per heavy atom. The highest BCUT2D eigenvalue weighted by Gasteiger charge is 2.14. The van der Waals surface area contributed by atoms with E-state index in [9.17, 15) is 0 Å². The van der Waals surface area contributed by atoms with Crippen LogP contribution in [0.25, 0.3) is 11.2 Å². The molecule has 3 nitrogen and oxygen atoms in total. The second-order valence-corrected chi connectivity index (χ2v) is 5.62. The molecule has 0 aromatic carbocycles. The van der Waals surface area contributed by atoms with Crippen LogP contribution in [0.3, 0.4) is 0 Å². The predicted molar refractivity (Wildman–Crippen MR) is 73.8 cm³/mol. The standard InChI is InChI=1S/C14H18ClN3/c15-12-8-7-11-14(17-12)18-13(16-11)9-6-10-4-2-1-3-5-10/h7-8,10H,1-6,9H2,(H,16,17,18). The molecule has 1 aliphatic rings. The smallest absolute Gasteiger partial charge is 0.179 e. The number of aromatic amines is 1. The lowest BCUT2D eigenvalue weighted by Gasteiger charge is -2.20. The minimum atomic E-state index is 0.507. The molecule has 2 aromatic heterocycles. The van der Waals surface area contributed by atoms with Crippen LogP contribution in [0, 0.1) is 5.92 Å². The quantitative estimate of drug-likeness (QED) is 0.846. The third-order valence-corrected chi connectivity index (χ3v) is 4.09. The number of nitrogens with zero attached hydrogens (tertiary/aromatic N) is 2. The van der Waals surface area contributed by atoms with Gasteiger partial charge in [0.2, 0.25) is 0 Å². The number of halogens is 1. The summed E-state index contributed by atoms with van der Waals surface area (Å²) in [6.45, 7) is 0. The number of pyridine rings is 1. The maximum atomic E-state index is 5.86. The Labute approximate surface area is 112 Å². The molecule has 3 rings (SSSR count). The van der Waals surface area contributed by atoms with Crippen molar-refractivity contribution in [2.75, 3.05) is 0 Å². The Morgan fingerprint density at radius 2 is 2.00 bits per heavy atom. The Bertz CT molecular complexity index is 529. The minimum absolute atomic E-state index is 0.507. The summed E-state index contributed by atoms with van der Waals surface area (Å²) in [5.41, 5.74) is 1.72. The summed E-state index contributed by atoms with van der Waals surface area (Å²) >= 11 is 5.86. The van der Waals surface area contributed by atoms with Gasteiger partial charge in [-0.25, -0.2) is 9.97 Å². The Morgan fingerprint density at radius 3 is 2.83 bits per heavy atom. The van der Waals surface area contributed by atoms with Gasteiger partial charge in [-0.15, -0.1) is 0 Å². The monoisotopic (exact) mass is 263 g/mol. The summed E-state index contributed by atoms with van der Waals surface area (Å²) in [5.74, 6) is 1.94. The summed E-state index contributed by atoms with van der Waals surface area (Å²) in [6, 6.07) is 3.74. The second-order valence-electron chi connectivity index (χ2n) is 5.23. The first-order valence-electron chi connectivity index (χ1n) is 6.82. The lowest BCUT2D eigenvalue weighted by atomic mass is 9.86. The molecule has 0 amide bonds. The number of H-pyrrole nitrogens is 1. The molecule has 1 N–H and O–H groups in total. The lowest BCUT2D eigenvalue weighted by molar-refractivity contribution is 0.337. The first-order valence-corrected chi connectivity index (χ1v) is 7.20. The SMILES string of the molecule is Clc1ccc2[nH]c(CCC3CCCCC3)nc2n1. The highest BCUT2D eigenvalue weighted by Crippen LogP contribution is 2.27. The van der Waals surface area contributed by atoms with E-state index in [-0.39, 0.29) is 0 Å².